The van der Waals surface area contributed by atoms with Crippen LogP contribution in [-0.2, 0) is 0 Å². The molecule has 22 heavy (non-hydrogen) atoms. The van der Waals surface area contributed by atoms with E-state index in [2.05, 4.69) is 5.32 Å². The molecule has 0 bridgehead atoms. The normalized spacial score (nSPS) is 13.1. The molecule has 112 valence electrons. The molecule has 0 radical (unpaired) electrons. The molecule has 2 aromatic rings. The molecule has 1 aliphatic heterocycles. The van der Waals surface area contributed by atoms with Gasteiger partial charge in [-0.3, -0.25) is 4.79 Å². The maximum Gasteiger partial charge on any atom is 0.231 e. The summed E-state index contributed by atoms with van der Waals surface area (Å²) in [6, 6.07) is 12.3. The summed E-state index contributed by atoms with van der Waals surface area (Å²) < 4.78 is 10.6. The van der Waals surface area contributed by atoms with Crippen molar-refractivity contribution in [3.63, 3.8) is 0 Å². The van der Waals surface area contributed by atoms with Crippen molar-refractivity contribution in [2.24, 2.45) is 0 Å². The number of rotatable bonds is 4. The van der Waals surface area contributed by atoms with Crippen molar-refractivity contribution in [3.8, 4) is 11.5 Å². The second-order valence-corrected chi connectivity index (χ2v) is 5.33. The predicted octanol–water partition coefficient (Wildman–Crippen LogP) is 4.27. The number of hydrogen-bond donors (Lipinski definition) is 1. The van der Waals surface area contributed by atoms with E-state index in [1.807, 2.05) is 25.1 Å². The summed E-state index contributed by atoms with van der Waals surface area (Å²) >= 11 is 5.81. The first-order valence-corrected chi connectivity index (χ1v) is 7.14. The van der Waals surface area contributed by atoms with Crippen LogP contribution in [0.5, 0.6) is 11.5 Å². The van der Waals surface area contributed by atoms with Crippen LogP contribution in [0.25, 0.3) is 0 Å². The third kappa shape index (κ3) is 3.23. The van der Waals surface area contributed by atoms with Gasteiger partial charge in [-0.05, 0) is 43.3 Å². The first-order valence-electron chi connectivity index (χ1n) is 6.77. The van der Waals surface area contributed by atoms with E-state index < -0.39 is 0 Å². The van der Waals surface area contributed by atoms with Crippen LogP contribution in [0.4, 0.5) is 5.69 Å². The van der Waals surface area contributed by atoms with E-state index in [1.54, 1.807) is 30.3 Å². The Morgan fingerprint density at radius 3 is 2.64 bits per heavy atom. The van der Waals surface area contributed by atoms with E-state index >= 15 is 0 Å². The summed E-state index contributed by atoms with van der Waals surface area (Å²) in [6.07, 6.45) is 1.55. The molecule has 0 fully saturated rings. The molecule has 0 amide bonds. The van der Waals surface area contributed by atoms with Gasteiger partial charge in [0.25, 0.3) is 0 Å². The molecule has 0 atom stereocenters. The molecule has 0 saturated carbocycles. The summed E-state index contributed by atoms with van der Waals surface area (Å²) in [7, 11) is 0. The number of nitrogens with one attached hydrogen (secondary N) is 1. The lowest BCUT2D eigenvalue weighted by atomic mass is 10.1. The fourth-order valence-corrected chi connectivity index (χ4v) is 2.26. The number of anilines is 1. The molecule has 4 nitrogen and oxygen atoms in total. The minimum absolute atomic E-state index is 0.0811. The molecule has 0 aliphatic carbocycles. The minimum Gasteiger partial charge on any atom is -0.454 e. The van der Waals surface area contributed by atoms with Crippen molar-refractivity contribution in [2.45, 2.75) is 6.92 Å². The Bertz CT molecular complexity index is 738. The van der Waals surface area contributed by atoms with Crippen LogP contribution >= 0.6 is 11.6 Å². The Morgan fingerprint density at radius 2 is 1.86 bits per heavy atom. The van der Waals surface area contributed by atoms with Crippen molar-refractivity contribution in [1.29, 1.82) is 0 Å². The van der Waals surface area contributed by atoms with Crippen LogP contribution in [0, 0.1) is 0 Å². The number of ketones is 1. The lowest BCUT2D eigenvalue weighted by Gasteiger charge is -2.07. The molecule has 0 unspecified atom stereocenters. The van der Waals surface area contributed by atoms with Gasteiger partial charge in [0, 0.05) is 34.1 Å². The van der Waals surface area contributed by atoms with Gasteiger partial charge in [0.05, 0.1) is 0 Å². The van der Waals surface area contributed by atoms with Gasteiger partial charge in [0.15, 0.2) is 17.3 Å². The second-order valence-electron chi connectivity index (χ2n) is 4.89. The number of ether oxygens (including phenoxy) is 2. The summed E-state index contributed by atoms with van der Waals surface area (Å²) in [5, 5.41) is 3.77. The van der Waals surface area contributed by atoms with E-state index in [0.717, 1.165) is 17.1 Å². The average molecular weight is 316 g/mol. The van der Waals surface area contributed by atoms with Gasteiger partial charge in [-0.25, -0.2) is 0 Å². The Morgan fingerprint density at radius 1 is 1.14 bits per heavy atom. The Labute approximate surface area is 133 Å². The quantitative estimate of drug-likeness (QED) is 0.676. The minimum atomic E-state index is -0.0811. The molecule has 1 aliphatic rings. The molecular formula is C17H14ClNO3. The van der Waals surface area contributed by atoms with Gasteiger partial charge < -0.3 is 14.8 Å². The molecule has 3 rings (SSSR count). The Balaban J connectivity index is 1.72. The SMILES string of the molecule is C/C(=C\C(=O)c1ccc(Cl)cc1)Nc1ccc2c(c1)OCO2. The molecule has 1 N–H and O–H groups in total. The first-order chi connectivity index (χ1) is 10.6. The number of benzene rings is 2. The third-order valence-corrected chi connectivity index (χ3v) is 3.44. The van der Waals surface area contributed by atoms with Crippen molar-refractivity contribution in [3.05, 3.63) is 64.8 Å². The number of fused-ring (bicyclic) bond motifs is 1. The highest BCUT2D eigenvalue weighted by Gasteiger charge is 2.13. The zero-order valence-electron chi connectivity index (χ0n) is 11.9. The first kappa shape index (κ1) is 14.5. The van der Waals surface area contributed by atoms with Crippen molar-refractivity contribution < 1.29 is 14.3 Å². The zero-order valence-corrected chi connectivity index (χ0v) is 12.7. The Kier molecular flexibility index (Phi) is 4.02. The van der Waals surface area contributed by atoms with Crippen molar-refractivity contribution in [2.75, 3.05) is 12.1 Å². The summed E-state index contributed by atoms with van der Waals surface area (Å²) in [5.41, 5.74) is 2.16. The van der Waals surface area contributed by atoms with Crippen LogP contribution in [0.2, 0.25) is 5.02 Å². The molecule has 5 heteroatoms. The highest BCUT2D eigenvalue weighted by atomic mass is 35.5. The molecule has 1 heterocycles. The largest absolute Gasteiger partial charge is 0.454 e. The van der Waals surface area contributed by atoms with Crippen LogP contribution in [-0.4, -0.2) is 12.6 Å². The second kappa shape index (κ2) is 6.12. The highest BCUT2D eigenvalue weighted by Crippen LogP contribution is 2.34. The number of hydrogen-bond acceptors (Lipinski definition) is 4. The van der Waals surface area contributed by atoms with E-state index in [4.69, 9.17) is 21.1 Å². The van der Waals surface area contributed by atoms with Crippen LogP contribution in [0.15, 0.2) is 54.2 Å². The Hall–Kier alpha value is -2.46. The van der Waals surface area contributed by atoms with E-state index in [9.17, 15) is 4.79 Å². The monoisotopic (exact) mass is 315 g/mol. The molecule has 0 saturated heterocycles. The molecule has 0 aromatic heterocycles. The van der Waals surface area contributed by atoms with Gasteiger partial charge in [-0.2, -0.15) is 0 Å². The van der Waals surface area contributed by atoms with Gasteiger partial charge in [0.1, 0.15) is 0 Å². The molecule has 0 spiro atoms. The van der Waals surface area contributed by atoms with E-state index in [1.165, 1.54) is 0 Å². The maximum absolute atomic E-state index is 12.1. The number of carbonyl (C=O) groups is 1. The maximum atomic E-state index is 12.1. The standard InChI is InChI=1S/C17H14ClNO3/c1-11(8-15(20)12-2-4-13(18)5-3-12)19-14-6-7-16-17(9-14)22-10-21-16/h2-9,19H,10H2,1H3/b11-8+. The highest BCUT2D eigenvalue weighted by molar-refractivity contribution is 6.30. The molecule has 2 aromatic carbocycles. The van der Waals surface area contributed by atoms with Crippen LogP contribution < -0.4 is 14.8 Å². The smallest absolute Gasteiger partial charge is 0.231 e. The van der Waals surface area contributed by atoms with Crippen molar-refractivity contribution in [1.82, 2.24) is 0 Å². The van der Waals surface area contributed by atoms with Crippen molar-refractivity contribution >= 4 is 23.1 Å². The fourth-order valence-electron chi connectivity index (χ4n) is 2.13. The van der Waals surface area contributed by atoms with Gasteiger partial charge in [-0.15, -0.1) is 0 Å². The van der Waals surface area contributed by atoms with Crippen LogP contribution in [0.1, 0.15) is 17.3 Å². The average Bonchev–Trinajstić information content (AvgIpc) is 2.95. The van der Waals surface area contributed by atoms with Gasteiger partial charge >= 0.3 is 0 Å². The third-order valence-electron chi connectivity index (χ3n) is 3.19. The van der Waals surface area contributed by atoms with Crippen LogP contribution in [0.3, 0.4) is 0 Å². The van der Waals surface area contributed by atoms with E-state index in [-0.39, 0.29) is 12.6 Å². The molecular weight excluding hydrogens is 302 g/mol. The summed E-state index contributed by atoms with van der Waals surface area (Å²) in [5.74, 6) is 1.34. The fraction of sp³-hybridized carbons (Fsp3) is 0.118. The number of allylic oxidation sites excluding steroid dienone is 2. The van der Waals surface area contributed by atoms with E-state index in [0.29, 0.717) is 16.3 Å². The topological polar surface area (TPSA) is 47.6 Å². The predicted molar refractivity (Wildman–Crippen MR) is 85.7 cm³/mol. The van der Waals surface area contributed by atoms with Gasteiger partial charge in [0.2, 0.25) is 6.79 Å². The lowest BCUT2D eigenvalue weighted by molar-refractivity contribution is 0.104. The number of carbonyl (C=O) groups excluding carboxylic acids is 1. The summed E-state index contributed by atoms with van der Waals surface area (Å²) in [6.45, 7) is 2.07. The zero-order chi connectivity index (χ0) is 15.5. The summed E-state index contributed by atoms with van der Waals surface area (Å²) in [4.78, 5) is 12.1. The van der Waals surface area contributed by atoms with Gasteiger partial charge in [-0.1, -0.05) is 11.6 Å². The number of halogens is 1. The lowest BCUT2D eigenvalue weighted by Crippen LogP contribution is -2.01.